The Kier molecular flexibility index (Phi) is 5.40. The van der Waals surface area contributed by atoms with Crippen LogP contribution in [0.2, 0.25) is 0 Å². The third-order valence-electron chi connectivity index (χ3n) is 7.15. The van der Waals surface area contributed by atoms with Crippen molar-refractivity contribution in [1.82, 2.24) is 29.4 Å². The zero-order valence-electron chi connectivity index (χ0n) is 21.9. The Balaban J connectivity index is 1.36. The molecule has 6 aromatic rings. The standard InChI is InChI=1S/C31H26N6O2/c1-19-11-10-12-20(2)28(19)38-17-24-33-29-27-26(22-13-6-4-7-14-22)25-21(3)34-37(23-15-8-5-9-16-23)31(25)39-30(27)32-18-36(29)35-24/h4-16,18,26H,17H2,1-3H3/t26-/m1/s1. The summed E-state index contributed by atoms with van der Waals surface area (Å²) in [6.45, 7) is 6.34. The van der Waals surface area contributed by atoms with E-state index in [-0.39, 0.29) is 12.5 Å². The molecule has 0 fully saturated rings. The van der Waals surface area contributed by atoms with Crippen molar-refractivity contribution < 1.29 is 9.47 Å². The van der Waals surface area contributed by atoms with Gasteiger partial charge >= 0.3 is 0 Å². The highest BCUT2D eigenvalue weighted by molar-refractivity contribution is 5.66. The molecule has 0 saturated heterocycles. The van der Waals surface area contributed by atoms with Crippen molar-refractivity contribution in [3.8, 4) is 23.2 Å². The van der Waals surface area contributed by atoms with Gasteiger partial charge in [0.25, 0.3) is 0 Å². The lowest BCUT2D eigenvalue weighted by atomic mass is 9.84. The number of nitrogens with zero attached hydrogens (tertiary/aromatic N) is 6. The maximum absolute atomic E-state index is 6.49. The molecule has 3 aromatic heterocycles. The summed E-state index contributed by atoms with van der Waals surface area (Å²) in [4.78, 5) is 9.61. The van der Waals surface area contributed by atoms with Crippen molar-refractivity contribution >= 4 is 5.65 Å². The second-order valence-electron chi connectivity index (χ2n) is 9.77. The van der Waals surface area contributed by atoms with E-state index in [0.717, 1.165) is 44.9 Å². The van der Waals surface area contributed by atoms with Crippen LogP contribution in [0.3, 0.4) is 0 Å². The number of aryl methyl sites for hydroxylation is 3. The monoisotopic (exact) mass is 514 g/mol. The van der Waals surface area contributed by atoms with E-state index in [2.05, 4.69) is 17.1 Å². The molecule has 0 radical (unpaired) electrons. The maximum atomic E-state index is 6.49. The minimum absolute atomic E-state index is 0.185. The average Bonchev–Trinajstić information content (AvgIpc) is 3.53. The predicted octanol–water partition coefficient (Wildman–Crippen LogP) is 6.10. The first-order valence-corrected chi connectivity index (χ1v) is 12.9. The van der Waals surface area contributed by atoms with Gasteiger partial charge in [-0.3, -0.25) is 0 Å². The highest BCUT2D eigenvalue weighted by Gasteiger charge is 2.38. The lowest BCUT2D eigenvalue weighted by molar-refractivity contribution is 0.292. The molecule has 1 atom stereocenters. The molecule has 0 spiro atoms. The van der Waals surface area contributed by atoms with Crippen LogP contribution < -0.4 is 9.47 Å². The van der Waals surface area contributed by atoms with E-state index < -0.39 is 0 Å². The molecule has 192 valence electrons. The fraction of sp³-hybridized carbons (Fsp3) is 0.161. The number of aromatic nitrogens is 6. The summed E-state index contributed by atoms with van der Waals surface area (Å²) in [6, 6.07) is 26.4. The molecule has 0 unspecified atom stereocenters. The van der Waals surface area contributed by atoms with Gasteiger partial charge in [-0.25, -0.2) is 19.2 Å². The van der Waals surface area contributed by atoms with Crippen LogP contribution >= 0.6 is 0 Å². The Morgan fingerprint density at radius 2 is 1.54 bits per heavy atom. The van der Waals surface area contributed by atoms with Gasteiger partial charge in [-0.05, 0) is 49.6 Å². The van der Waals surface area contributed by atoms with Crippen molar-refractivity contribution in [3.63, 3.8) is 0 Å². The maximum Gasteiger partial charge on any atom is 0.230 e. The van der Waals surface area contributed by atoms with Crippen LogP contribution in [0.25, 0.3) is 11.3 Å². The van der Waals surface area contributed by atoms with Gasteiger partial charge in [0.15, 0.2) is 11.5 Å². The summed E-state index contributed by atoms with van der Waals surface area (Å²) in [5.41, 5.74) is 7.60. The van der Waals surface area contributed by atoms with E-state index in [4.69, 9.17) is 24.7 Å². The van der Waals surface area contributed by atoms with Crippen LogP contribution in [0.15, 0.2) is 85.2 Å². The zero-order valence-corrected chi connectivity index (χ0v) is 21.9. The SMILES string of the molecule is Cc1cccc(C)c1OCc1nc2c3c(ncn2n1)Oc1c(c(C)nn1-c1ccccc1)[C@H]3c1ccccc1. The van der Waals surface area contributed by atoms with Gasteiger partial charge in [0, 0.05) is 0 Å². The smallest absolute Gasteiger partial charge is 0.230 e. The number of hydrogen-bond donors (Lipinski definition) is 0. The second kappa shape index (κ2) is 9.09. The number of para-hydroxylation sites is 2. The predicted molar refractivity (Wildman–Crippen MR) is 147 cm³/mol. The van der Waals surface area contributed by atoms with Crippen LogP contribution in [-0.4, -0.2) is 29.4 Å². The molecule has 0 bridgehead atoms. The molecule has 0 aliphatic carbocycles. The second-order valence-corrected chi connectivity index (χ2v) is 9.77. The van der Waals surface area contributed by atoms with E-state index in [9.17, 15) is 0 Å². The molecule has 7 rings (SSSR count). The minimum Gasteiger partial charge on any atom is -0.485 e. The van der Waals surface area contributed by atoms with Crippen molar-refractivity contribution in [3.05, 3.63) is 125 Å². The Bertz CT molecular complexity index is 1810. The van der Waals surface area contributed by atoms with Crippen molar-refractivity contribution in [2.24, 2.45) is 0 Å². The first-order valence-electron chi connectivity index (χ1n) is 12.9. The van der Waals surface area contributed by atoms with E-state index >= 15 is 0 Å². The molecule has 3 aromatic carbocycles. The third-order valence-corrected chi connectivity index (χ3v) is 7.15. The molecule has 8 heteroatoms. The van der Waals surface area contributed by atoms with Gasteiger partial charge in [0.05, 0.1) is 28.4 Å². The summed E-state index contributed by atoms with van der Waals surface area (Å²) in [5, 5.41) is 9.58. The van der Waals surface area contributed by atoms with E-state index in [1.165, 1.54) is 0 Å². The van der Waals surface area contributed by atoms with Gasteiger partial charge in [0.2, 0.25) is 11.8 Å². The van der Waals surface area contributed by atoms with Crippen LogP contribution in [0.4, 0.5) is 0 Å². The minimum atomic E-state index is -0.185. The van der Waals surface area contributed by atoms with Crippen molar-refractivity contribution in [2.45, 2.75) is 33.3 Å². The van der Waals surface area contributed by atoms with Crippen molar-refractivity contribution in [1.29, 1.82) is 0 Å². The van der Waals surface area contributed by atoms with Gasteiger partial charge in [-0.15, -0.1) is 5.10 Å². The number of hydrogen-bond acceptors (Lipinski definition) is 6. The molecule has 39 heavy (non-hydrogen) atoms. The fourth-order valence-corrected chi connectivity index (χ4v) is 5.37. The van der Waals surface area contributed by atoms with E-state index in [1.54, 1.807) is 10.8 Å². The van der Waals surface area contributed by atoms with Crippen LogP contribution in [-0.2, 0) is 6.61 Å². The normalized spacial score (nSPS) is 14.1. The molecule has 4 heterocycles. The van der Waals surface area contributed by atoms with Gasteiger partial charge < -0.3 is 9.47 Å². The Morgan fingerprint density at radius 1 is 0.821 bits per heavy atom. The lowest BCUT2D eigenvalue weighted by Gasteiger charge is -2.26. The fourth-order valence-electron chi connectivity index (χ4n) is 5.37. The average molecular weight is 515 g/mol. The molecule has 0 N–H and O–H groups in total. The summed E-state index contributed by atoms with van der Waals surface area (Å²) >= 11 is 0. The molecule has 0 saturated carbocycles. The summed E-state index contributed by atoms with van der Waals surface area (Å²) in [7, 11) is 0. The lowest BCUT2D eigenvalue weighted by Crippen LogP contribution is -2.16. The molecule has 1 aliphatic rings. The Labute approximate surface area is 225 Å². The molecular weight excluding hydrogens is 488 g/mol. The number of fused-ring (bicyclic) bond motifs is 4. The number of ether oxygens (including phenoxy) is 2. The van der Waals surface area contributed by atoms with Gasteiger partial charge in [0.1, 0.15) is 18.7 Å². The summed E-state index contributed by atoms with van der Waals surface area (Å²) in [6.07, 6.45) is 1.65. The first kappa shape index (κ1) is 23.2. The molecule has 0 amide bonds. The highest BCUT2D eigenvalue weighted by Crippen LogP contribution is 2.49. The van der Waals surface area contributed by atoms with Crippen molar-refractivity contribution in [2.75, 3.05) is 0 Å². The quantitative estimate of drug-likeness (QED) is 0.276. The molecule has 1 aliphatic heterocycles. The Hall–Kier alpha value is -4.98. The van der Waals surface area contributed by atoms with Crippen LogP contribution in [0.5, 0.6) is 17.5 Å². The number of rotatable bonds is 5. The van der Waals surface area contributed by atoms with Gasteiger partial charge in [-0.2, -0.15) is 5.10 Å². The summed E-state index contributed by atoms with van der Waals surface area (Å²) in [5.74, 6) is 2.40. The number of benzene rings is 3. The third kappa shape index (κ3) is 3.84. The molecule has 8 nitrogen and oxygen atoms in total. The first-order chi connectivity index (χ1) is 19.1. The Morgan fingerprint density at radius 3 is 2.28 bits per heavy atom. The van der Waals surface area contributed by atoms with Crippen LogP contribution in [0, 0.1) is 20.8 Å². The largest absolute Gasteiger partial charge is 0.485 e. The highest BCUT2D eigenvalue weighted by atomic mass is 16.5. The van der Waals surface area contributed by atoms with E-state index in [0.29, 0.717) is 23.2 Å². The zero-order chi connectivity index (χ0) is 26.5. The van der Waals surface area contributed by atoms with Crippen LogP contribution in [0.1, 0.15) is 45.3 Å². The topological polar surface area (TPSA) is 79.4 Å². The van der Waals surface area contributed by atoms with E-state index in [1.807, 2.05) is 92.2 Å². The summed E-state index contributed by atoms with van der Waals surface area (Å²) < 4.78 is 16.2. The van der Waals surface area contributed by atoms with Gasteiger partial charge in [-0.1, -0.05) is 66.7 Å². The molecular formula is C31H26N6O2.